The summed E-state index contributed by atoms with van der Waals surface area (Å²) in [5.41, 5.74) is 0.243. The number of likely N-dealkylation sites (N-methyl/N-ethyl adjacent to an activating group) is 1. The van der Waals surface area contributed by atoms with Crippen LogP contribution in [0.15, 0.2) is 0 Å². The van der Waals surface area contributed by atoms with Crippen LogP contribution in [0.4, 0.5) is 0 Å². The van der Waals surface area contributed by atoms with E-state index in [9.17, 15) is 0 Å². The fourth-order valence-electron chi connectivity index (χ4n) is 2.13. The molecule has 0 aromatic rings. The van der Waals surface area contributed by atoms with Crippen molar-refractivity contribution in [1.82, 2.24) is 15.1 Å². The Labute approximate surface area is 94.8 Å². The van der Waals surface area contributed by atoms with E-state index in [-0.39, 0.29) is 5.54 Å². The first-order valence-electron chi connectivity index (χ1n) is 6.21. The van der Waals surface area contributed by atoms with E-state index in [1.807, 2.05) is 7.05 Å². The van der Waals surface area contributed by atoms with Gasteiger partial charge in [-0.15, -0.1) is 0 Å². The standard InChI is InChI=1S/C12H27N3/c1-5-6-14-7-9-15(10-8-14)11-12(2,3)13-4/h13H,5-11H2,1-4H3. The second kappa shape index (κ2) is 5.83. The van der Waals surface area contributed by atoms with Crippen molar-refractivity contribution in [2.45, 2.75) is 32.7 Å². The van der Waals surface area contributed by atoms with E-state index < -0.39 is 0 Å². The first-order chi connectivity index (χ1) is 7.07. The summed E-state index contributed by atoms with van der Waals surface area (Å²) in [5.74, 6) is 0. The minimum Gasteiger partial charge on any atom is -0.314 e. The summed E-state index contributed by atoms with van der Waals surface area (Å²) >= 11 is 0. The zero-order valence-electron chi connectivity index (χ0n) is 10.8. The molecule has 1 rings (SSSR count). The summed E-state index contributed by atoms with van der Waals surface area (Å²) in [6, 6.07) is 0. The van der Waals surface area contributed by atoms with Crippen molar-refractivity contribution in [2.24, 2.45) is 0 Å². The monoisotopic (exact) mass is 213 g/mol. The molecule has 0 bridgehead atoms. The molecule has 1 aliphatic heterocycles. The predicted molar refractivity (Wildman–Crippen MR) is 66.3 cm³/mol. The van der Waals surface area contributed by atoms with E-state index in [1.165, 1.54) is 39.1 Å². The Morgan fingerprint density at radius 2 is 1.60 bits per heavy atom. The van der Waals surface area contributed by atoms with Gasteiger partial charge in [0, 0.05) is 38.3 Å². The largest absolute Gasteiger partial charge is 0.314 e. The van der Waals surface area contributed by atoms with Crippen molar-refractivity contribution in [2.75, 3.05) is 46.3 Å². The molecular weight excluding hydrogens is 186 g/mol. The normalized spacial score (nSPS) is 20.8. The van der Waals surface area contributed by atoms with Crippen molar-refractivity contribution in [3.05, 3.63) is 0 Å². The Bertz CT molecular complexity index is 172. The van der Waals surface area contributed by atoms with Gasteiger partial charge in [-0.3, -0.25) is 4.90 Å². The molecule has 0 radical (unpaired) electrons. The summed E-state index contributed by atoms with van der Waals surface area (Å²) in [7, 11) is 2.05. The summed E-state index contributed by atoms with van der Waals surface area (Å²) in [6.45, 7) is 14.2. The number of hydrogen-bond donors (Lipinski definition) is 1. The molecule has 1 N–H and O–H groups in total. The summed E-state index contributed by atoms with van der Waals surface area (Å²) in [6.07, 6.45) is 1.28. The highest BCUT2D eigenvalue weighted by atomic mass is 15.3. The average molecular weight is 213 g/mol. The van der Waals surface area contributed by atoms with Crippen LogP contribution in [0.5, 0.6) is 0 Å². The van der Waals surface area contributed by atoms with E-state index >= 15 is 0 Å². The minimum absolute atomic E-state index is 0.243. The van der Waals surface area contributed by atoms with E-state index in [2.05, 4.69) is 35.9 Å². The topological polar surface area (TPSA) is 18.5 Å². The Kier molecular flexibility index (Phi) is 5.03. The zero-order valence-corrected chi connectivity index (χ0v) is 10.8. The zero-order chi connectivity index (χ0) is 11.3. The van der Waals surface area contributed by atoms with Gasteiger partial charge < -0.3 is 10.2 Å². The molecule has 0 saturated carbocycles. The van der Waals surface area contributed by atoms with Crippen LogP contribution in [0.25, 0.3) is 0 Å². The number of hydrogen-bond acceptors (Lipinski definition) is 3. The van der Waals surface area contributed by atoms with Crippen LogP contribution >= 0.6 is 0 Å². The van der Waals surface area contributed by atoms with Gasteiger partial charge in [-0.1, -0.05) is 6.92 Å². The maximum atomic E-state index is 3.37. The molecule has 0 aromatic carbocycles. The van der Waals surface area contributed by atoms with Crippen LogP contribution in [0.2, 0.25) is 0 Å². The highest BCUT2D eigenvalue weighted by molar-refractivity contribution is 4.82. The SMILES string of the molecule is CCCN1CCN(CC(C)(C)NC)CC1. The number of nitrogens with zero attached hydrogens (tertiary/aromatic N) is 2. The van der Waals surface area contributed by atoms with Crippen molar-refractivity contribution in [1.29, 1.82) is 0 Å². The maximum Gasteiger partial charge on any atom is 0.0249 e. The molecule has 90 valence electrons. The number of nitrogens with one attached hydrogen (secondary N) is 1. The molecule has 0 atom stereocenters. The number of piperazine rings is 1. The van der Waals surface area contributed by atoms with Gasteiger partial charge in [-0.25, -0.2) is 0 Å². The summed E-state index contributed by atoms with van der Waals surface area (Å²) in [5, 5.41) is 3.37. The van der Waals surface area contributed by atoms with Crippen molar-refractivity contribution >= 4 is 0 Å². The van der Waals surface area contributed by atoms with Gasteiger partial charge in [-0.2, -0.15) is 0 Å². The van der Waals surface area contributed by atoms with Gasteiger partial charge in [-0.05, 0) is 33.9 Å². The molecule has 0 aliphatic carbocycles. The number of rotatable bonds is 5. The van der Waals surface area contributed by atoms with Crippen LogP contribution in [0.3, 0.4) is 0 Å². The van der Waals surface area contributed by atoms with Gasteiger partial charge in [0.05, 0.1) is 0 Å². The smallest absolute Gasteiger partial charge is 0.0249 e. The second-order valence-electron chi connectivity index (χ2n) is 5.25. The lowest BCUT2D eigenvalue weighted by atomic mass is 10.0. The Morgan fingerprint density at radius 1 is 1.07 bits per heavy atom. The highest BCUT2D eigenvalue weighted by Crippen LogP contribution is 2.08. The maximum absolute atomic E-state index is 3.37. The molecule has 0 aromatic heterocycles. The van der Waals surface area contributed by atoms with E-state index in [0.29, 0.717) is 0 Å². The first kappa shape index (κ1) is 12.9. The molecule has 3 heteroatoms. The molecule has 3 nitrogen and oxygen atoms in total. The third kappa shape index (κ3) is 4.49. The lowest BCUT2D eigenvalue weighted by molar-refractivity contribution is 0.110. The van der Waals surface area contributed by atoms with Gasteiger partial charge in [0.25, 0.3) is 0 Å². The van der Waals surface area contributed by atoms with Crippen LogP contribution < -0.4 is 5.32 Å². The van der Waals surface area contributed by atoms with E-state index in [4.69, 9.17) is 0 Å². The first-order valence-corrected chi connectivity index (χ1v) is 6.21. The van der Waals surface area contributed by atoms with Crippen LogP contribution in [0, 0.1) is 0 Å². The van der Waals surface area contributed by atoms with Crippen LogP contribution in [-0.4, -0.2) is 61.7 Å². The Morgan fingerprint density at radius 3 is 2.07 bits per heavy atom. The lowest BCUT2D eigenvalue weighted by Gasteiger charge is -2.38. The Hall–Kier alpha value is -0.120. The fraction of sp³-hybridized carbons (Fsp3) is 1.00. The Balaban J connectivity index is 2.25. The molecule has 1 saturated heterocycles. The molecule has 0 spiro atoms. The third-order valence-corrected chi connectivity index (χ3v) is 3.30. The highest BCUT2D eigenvalue weighted by Gasteiger charge is 2.22. The van der Waals surface area contributed by atoms with Crippen LogP contribution in [-0.2, 0) is 0 Å². The van der Waals surface area contributed by atoms with Gasteiger partial charge in [0.15, 0.2) is 0 Å². The average Bonchev–Trinajstić information content (AvgIpc) is 2.21. The minimum atomic E-state index is 0.243. The molecule has 1 heterocycles. The van der Waals surface area contributed by atoms with Gasteiger partial charge in [0.1, 0.15) is 0 Å². The van der Waals surface area contributed by atoms with Crippen molar-refractivity contribution in [3.8, 4) is 0 Å². The summed E-state index contributed by atoms with van der Waals surface area (Å²) < 4.78 is 0. The lowest BCUT2D eigenvalue weighted by Crippen LogP contribution is -2.53. The molecule has 0 unspecified atom stereocenters. The molecule has 15 heavy (non-hydrogen) atoms. The quantitative estimate of drug-likeness (QED) is 0.735. The van der Waals surface area contributed by atoms with E-state index in [0.717, 1.165) is 6.54 Å². The predicted octanol–water partition coefficient (Wildman–Crippen LogP) is 1.01. The molecule has 1 aliphatic rings. The summed E-state index contributed by atoms with van der Waals surface area (Å²) in [4.78, 5) is 5.14. The van der Waals surface area contributed by atoms with E-state index in [1.54, 1.807) is 0 Å². The molecular formula is C12H27N3. The molecule has 1 fully saturated rings. The third-order valence-electron chi connectivity index (χ3n) is 3.30. The van der Waals surface area contributed by atoms with Crippen molar-refractivity contribution in [3.63, 3.8) is 0 Å². The van der Waals surface area contributed by atoms with Crippen molar-refractivity contribution < 1.29 is 0 Å². The second-order valence-corrected chi connectivity index (χ2v) is 5.25. The molecule has 0 amide bonds. The van der Waals surface area contributed by atoms with Crippen LogP contribution in [0.1, 0.15) is 27.2 Å². The fourth-order valence-corrected chi connectivity index (χ4v) is 2.13. The van der Waals surface area contributed by atoms with Gasteiger partial charge in [0.2, 0.25) is 0 Å². The van der Waals surface area contributed by atoms with Gasteiger partial charge >= 0.3 is 0 Å².